The number of rotatable bonds is 6. The Balaban J connectivity index is 1.54. The molecule has 0 aromatic carbocycles. The van der Waals surface area contributed by atoms with Crippen LogP contribution < -0.4 is 9.47 Å². The molecule has 0 fully saturated rings. The quantitative estimate of drug-likeness (QED) is 0.456. The van der Waals surface area contributed by atoms with Crippen LogP contribution in [0.15, 0.2) is 47.4 Å². The second-order valence-corrected chi connectivity index (χ2v) is 6.31. The Morgan fingerprint density at radius 1 is 1.10 bits per heavy atom. The van der Waals surface area contributed by atoms with Crippen molar-refractivity contribution in [1.29, 1.82) is 0 Å². The number of pyridine rings is 2. The van der Waals surface area contributed by atoms with Crippen molar-refractivity contribution < 1.29 is 27.2 Å². The molecule has 0 aliphatic carbocycles. The van der Waals surface area contributed by atoms with Gasteiger partial charge in [0.1, 0.15) is 6.61 Å². The van der Waals surface area contributed by atoms with Crippen molar-refractivity contribution in [2.45, 2.75) is 12.8 Å². The standard InChI is InChI=1S/C19H15F3N6O3/c1-28-14(10-30-15-4-3-12(8-24-15)19(20,21)22)13(9-25-28)18-26-17(27-31-18)11-5-6-23-16(7-11)29-2/h3-9H,10H2,1-2H3. The van der Waals surface area contributed by atoms with Gasteiger partial charge < -0.3 is 14.0 Å². The van der Waals surface area contributed by atoms with Crippen molar-refractivity contribution in [2.24, 2.45) is 7.05 Å². The molecule has 160 valence electrons. The summed E-state index contributed by atoms with van der Waals surface area (Å²) in [5.74, 6) is 0.979. The molecule has 0 aliphatic heterocycles. The summed E-state index contributed by atoms with van der Waals surface area (Å²) in [5.41, 5.74) is 0.892. The van der Waals surface area contributed by atoms with Crippen molar-refractivity contribution in [1.82, 2.24) is 29.9 Å². The minimum Gasteiger partial charge on any atom is -0.481 e. The maximum absolute atomic E-state index is 12.7. The fourth-order valence-electron chi connectivity index (χ4n) is 2.70. The summed E-state index contributed by atoms with van der Waals surface area (Å²) in [4.78, 5) is 12.1. The first-order valence-electron chi connectivity index (χ1n) is 8.86. The van der Waals surface area contributed by atoms with Crippen LogP contribution in [0.3, 0.4) is 0 Å². The van der Waals surface area contributed by atoms with E-state index in [2.05, 4.69) is 25.2 Å². The van der Waals surface area contributed by atoms with E-state index in [-0.39, 0.29) is 18.4 Å². The molecule has 0 atom stereocenters. The van der Waals surface area contributed by atoms with E-state index >= 15 is 0 Å². The lowest BCUT2D eigenvalue weighted by molar-refractivity contribution is -0.137. The van der Waals surface area contributed by atoms with Gasteiger partial charge in [0.05, 0.1) is 30.1 Å². The molecule has 12 heteroatoms. The topological polar surface area (TPSA) is 101 Å². The predicted molar refractivity (Wildman–Crippen MR) is 99.9 cm³/mol. The van der Waals surface area contributed by atoms with Crippen molar-refractivity contribution in [3.05, 3.63) is 54.1 Å². The number of hydrogen-bond donors (Lipinski definition) is 0. The van der Waals surface area contributed by atoms with E-state index in [4.69, 9.17) is 14.0 Å². The molecular weight excluding hydrogens is 417 g/mol. The highest BCUT2D eigenvalue weighted by atomic mass is 19.4. The maximum Gasteiger partial charge on any atom is 0.417 e. The number of aromatic nitrogens is 6. The Hall–Kier alpha value is -3.96. The van der Waals surface area contributed by atoms with E-state index < -0.39 is 11.7 Å². The summed E-state index contributed by atoms with van der Waals surface area (Å²) in [6.07, 6.45) is -0.657. The number of methoxy groups -OCH3 is 1. The molecule has 0 amide bonds. The number of nitrogens with zero attached hydrogens (tertiary/aromatic N) is 6. The highest BCUT2D eigenvalue weighted by Crippen LogP contribution is 2.30. The summed E-state index contributed by atoms with van der Waals surface area (Å²) in [6.45, 7) is -0.0228. The van der Waals surface area contributed by atoms with Crippen molar-refractivity contribution in [3.63, 3.8) is 0 Å². The molecule has 0 unspecified atom stereocenters. The summed E-state index contributed by atoms with van der Waals surface area (Å²) in [6, 6.07) is 5.43. The summed E-state index contributed by atoms with van der Waals surface area (Å²) >= 11 is 0. The summed E-state index contributed by atoms with van der Waals surface area (Å²) in [7, 11) is 3.19. The lowest BCUT2D eigenvalue weighted by Crippen LogP contribution is -2.07. The van der Waals surface area contributed by atoms with E-state index in [0.717, 1.165) is 12.1 Å². The SMILES string of the molecule is COc1cc(-c2noc(-c3cnn(C)c3COc3ccc(C(F)(F)F)cn3)n2)ccn1. The van der Waals surface area contributed by atoms with E-state index in [1.54, 1.807) is 30.1 Å². The molecule has 0 saturated carbocycles. The van der Waals surface area contributed by atoms with Gasteiger partial charge in [0, 0.05) is 37.1 Å². The van der Waals surface area contributed by atoms with Crippen LogP contribution in [0.1, 0.15) is 11.3 Å². The van der Waals surface area contributed by atoms with E-state index in [0.29, 0.717) is 34.7 Å². The van der Waals surface area contributed by atoms with Crippen LogP contribution in [0, 0.1) is 0 Å². The maximum atomic E-state index is 12.7. The fraction of sp³-hybridized carbons (Fsp3) is 0.211. The Labute approximate surface area is 173 Å². The van der Waals surface area contributed by atoms with E-state index in [1.807, 2.05) is 0 Å². The zero-order valence-electron chi connectivity index (χ0n) is 16.3. The summed E-state index contributed by atoms with van der Waals surface area (Å²) in [5, 5.41) is 8.14. The molecule has 4 rings (SSSR count). The first-order valence-corrected chi connectivity index (χ1v) is 8.86. The average Bonchev–Trinajstić information content (AvgIpc) is 3.39. The number of aryl methyl sites for hydroxylation is 1. The Kier molecular flexibility index (Phi) is 5.28. The molecule has 4 aromatic rings. The number of alkyl halides is 3. The molecule has 9 nitrogen and oxygen atoms in total. The van der Waals surface area contributed by atoms with Gasteiger partial charge in [0.25, 0.3) is 5.89 Å². The lowest BCUT2D eigenvalue weighted by Gasteiger charge is -2.09. The van der Waals surface area contributed by atoms with Crippen LogP contribution >= 0.6 is 0 Å². The monoisotopic (exact) mass is 432 g/mol. The normalized spacial score (nSPS) is 11.5. The number of ether oxygens (including phenoxy) is 2. The van der Waals surface area contributed by atoms with Gasteiger partial charge in [0.15, 0.2) is 0 Å². The van der Waals surface area contributed by atoms with Crippen LogP contribution in [-0.2, 0) is 19.8 Å². The Morgan fingerprint density at radius 3 is 2.65 bits per heavy atom. The third-order valence-electron chi connectivity index (χ3n) is 4.34. The van der Waals surface area contributed by atoms with Gasteiger partial charge in [-0.1, -0.05) is 5.16 Å². The van der Waals surface area contributed by atoms with Crippen LogP contribution in [0.25, 0.3) is 22.8 Å². The average molecular weight is 432 g/mol. The number of hydrogen-bond acceptors (Lipinski definition) is 8. The molecule has 0 radical (unpaired) electrons. The molecule has 0 saturated heterocycles. The smallest absolute Gasteiger partial charge is 0.417 e. The Bertz CT molecular complexity index is 1190. The zero-order chi connectivity index (χ0) is 22.0. The number of halogens is 3. The molecule has 4 aromatic heterocycles. The van der Waals surface area contributed by atoms with E-state index in [1.165, 1.54) is 13.3 Å². The highest BCUT2D eigenvalue weighted by molar-refractivity contribution is 5.61. The van der Waals surface area contributed by atoms with Crippen molar-refractivity contribution >= 4 is 0 Å². The predicted octanol–water partition coefficient (Wildman–Crippen LogP) is 3.53. The largest absolute Gasteiger partial charge is 0.481 e. The second-order valence-electron chi connectivity index (χ2n) is 6.31. The van der Waals surface area contributed by atoms with Crippen molar-refractivity contribution in [3.8, 4) is 34.6 Å². The van der Waals surface area contributed by atoms with Gasteiger partial charge in [-0.25, -0.2) is 9.97 Å². The molecule has 4 heterocycles. The van der Waals surface area contributed by atoms with Gasteiger partial charge >= 0.3 is 6.18 Å². The molecule has 0 spiro atoms. The minimum absolute atomic E-state index is 0.0228. The second kappa shape index (κ2) is 8.05. The third kappa shape index (κ3) is 4.32. The molecule has 0 N–H and O–H groups in total. The molecule has 0 bridgehead atoms. The van der Waals surface area contributed by atoms with Crippen molar-refractivity contribution in [2.75, 3.05) is 7.11 Å². The lowest BCUT2D eigenvalue weighted by atomic mass is 10.2. The third-order valence-corrected chi connectivity index (χ3v) is 4.34. The van der Waals surface area contributed by atoms with Gasteiger partial charge in [-0.3, -0.25) is 4.68 Å². The van der Waals surface area contributed by atoms with Crippen LogP contribution in [0.5, 0.6) is 11.8 Å². The Morgan fingerprint density at radius 2 is 1.94 bits per heavy atom. The van der Waals surface area contributed by atoms with Gasteiger partial charge in [-0.05, 0) is 12.1 Å². The zero-order valence-corrected chi connectivity index (χ0v) is 16.3. The first kappa shape index (κ1) is 20.3. The van der Waals surface area contributed by atoms with Gasteiger partial charge in [-0.2, -0.15) is 23.3 Å². The first-order chi connectivity index (χ1) is 14.8. The molecular formula is C19H15F3N6O3. The van der Waals surface area contributed by atoms with Gasteiger partial charge in [0.2, 0.25) is 17.6 Å². The molecule has 0 aliphatic rings. The van der Waals surface area contributed by atoms with Crippen LogP contribution in [0.2, 0.25) is 0 Å². The summed E-state index contributed by atoms with van der Waals surface area (Å²) < 4.78 is 55.5. The van der Waals surface area contributed by atoms with Crippen LogP contribution in [-0.4, -0.2) is 37.0 Å². The highest BCUT2D eigenvalue weighted by Gasteiger charge is 2.30. The molecule has 31 heavy (non-hydrogen) atoms. The fourth-order valence-corrected chi connectivity index (χ4v) is 2.70. The minimum atomic E-state index is -4.46. The van der Waals surface area contributed by atoms with Crippen LogP contribution in [0.4, 0.5) is 13.2 Å². The van der Waals surface area contributed by atoms with E-state index in [9.17, 15) is 13.2 Å². The van der Waals surface area contributed by atoms with Gasteiger partial charge in [-0.15, -0.1) is 0 Å².